The molecule has 3 rings (SSSR count). The molecular formula is C25H26N2O6. The van der Waals surface area contributed by atoms with Crippen LogP contribution in [0.4, 0.5) is 4.79 Å². The van der Waals surface area contributed by atoms with Gasteiger partial charge < -0.3 is 25.6 Å². The maximum absolute atomic E-state index is 12.6. The normalized spacial score (nSPS) is 13.5. The number of rotatable bonds is 9. The predicted octanol–water partition coefficient (Wildman–Crippen LogP) is 2.26. The highest BCUT2D eigenvalue weighted by atomic mass is 16.5. The molecule has 0 spiro atoms. The summed E-state index contributed by atoms with van der Waals surface area (Å²) in [5.41, 5.74) is 4.32. The number of hydrogen-bond acceptors (Lipinski definition) is 5. The van der Waals surface area contributed by atoms with Gasteiger partial charge in [0.25, 0.3) is 0 Å². The summed E-state index contributed by atoms with van der Waals surface area (Å²) in [5.74, 6) is 3.24. The molecule has 172 valence electrons. The Morgan fingerprint density at radius 3 is 2.15 bits per heavy atom. The molecule has 2 aromatic carbocycles. The van der Waals surface area contributed by atoms with Crippen LogP contribution in [0.25, 0.3) is 11.1 Å². The zero-order valence-electron chi connectivity index (χ0n) is 18.2. The summed E-state index contributed by atoms with van der Waals surface area (Å²) < 4.78 is 5.47. The van der Waals surface area contributed by atoms with Crippen molar-refractivity contribution in [1.82, 2.24) is 10.6 Å². The lowest BCUT2D eigenvalue weighted by Gasteiger charge is -2.20. The average Bonchev–Trinajstić information content (AvgIpc) is 3.13. The average molecular weight is 450 g/mol. The van der Waals surface area contributed by atoms with Gasteiger partial charge in [-0.2, -0.15) is 0 Å². The van der Waals surface area contributed by atoms with Gasteiger partial charge in [-0.3, -0.25) is 4.79 Å². The van der Waals surface area contributed by atoms with E-state index in [1.165, 1.54) is 0 Å². The third-order valence-corrected chi connectivity index (χ3v) is 5.47. The quantitative estimate of drug-likeness (QED) is 0.435. The van der Waals surface area contributed by atoms with E-state index in [4.69, 9.17) is 9.84 Å². The smallest absolute Gasteiger partial charge is 0.407 e. The summed E-state index contributed by atoms with van der Waals surface area (Å²) >= 11 is 0. The number of benzene rings is 2. The van der Waals surface area contributed by atoms with Crippen molar-refractivity contribution in [3.8, 4) is 23.0 Å². The van der Waals surface area contributed by atoms with E-state index in [2.05, 4.69) is 22.5 Å². The number of aliphatic carboxylic acids is 1. The Hall–Kier alpha value is -3.83. The van der Waals surface area contributed by atoms with Crippen molar-refractivity contribution in [3.63, 3.8) is 0 Å². The number of hydrogen-bond donors (Lipinski definition) is 4. The number of ether oxygens (including phenoxy) is 1. The number of alkyl carbamates (subject to hydrolysis) is 1. The van der Waals surface area contributed by atoms with Crippen LogP contribution < -0.4 is 10.6 Å². The van der Waals surface area contributed by atoms with E-state index in [1.807, 2.05) is 48.5 Å². The standard InChI is InChI=1S/C25H26N2O6/c1-2-3-12-21(23(29)26-22(13-14-28)24(30)31)27-25(32)33-15-20-18-10-6-4-8-16(18)17-9-5-7-11-19(17)20/h4-11,20-22,28H,12-15H2,1H3,(H,26,29)(H,27,32)(H,30,31)/t21?,22-/m1/s1. The van der Waals surface area contributed by atoms with Crippen LogP contribution in [-0.2, 0) is 14.3 Å². The Labute approximate surface area is 192 Å². The lowest BCUT2D eigenvalue weighted by atomic mass is 9.98. The summed E-state index contributed by atoms with van der Waals surface area (Å²) in [5, 5.41) is 23.0. The van der Waals surface area contributed by atoms with E-state index in [-0.39, 0.29) is 25.4 Å². The van der Waals surface area contributed by atoms with Gasteiger partial charge in [-0.1, -0.05) is 48.5 Å². The number of nitrogens with one attached hydrogen (secondary N) is 2. The molecule has 4 N–H and O–H groups in total. The maximum atomic E-state index is 12.6. The monoisotopic (exact) mass is 450 g/mol. The van der Waals surface area contributed by atoms with Crippen LogP contribution in [0.2, 0.25) is 0 Å². The molecule has 0 aromatic heterocycles. The highest BCUT2D eigenvalue weighted by Gasteiger charge is 2.30. The first-order chi connectivity index (χ1) is 16.0. The lowest BCUT2D eigenvalue weighted by molar-refractivity contribution is -0.142. The van der Waals surface area contributed by atoms with Crippen LogP contribution in [0, 0.1) is 11.8 Å². The maximum Gasteiger partial charge on any atom is 0.407 e. The van der Waals surface area contributed by atoms with Gasteiger partial charge in [0.2, 0.25) is 5.91 Å². The van der Waals surface area contributed by atoms with Crippen LogP contribution in [0.3, 0.4) is 0 Å². The minimum Gasteiger partial charge on any atom is -0.480 e. The molecule has 2 amide bonds. The van der Waals surface area contributed by atoms with Gasteiger partial charge in [0, 0.05) is 25.4 Å². The van der Waals surface area contributed by atoms with Crippen LogP contribution in [0.5, 0.6) is 0 Å². The Morgan fingerprint density at radius 2 is 1.61 bits per heavy atom. The molecule has 33 heavy (non-hydrogen) atoms. The second-order valence-corrected chi connectivity index (χ2v) is 7.57. The van der Waals surface area contributed by atoms with E-state index < -0.39 is 36.7 Å². The number of aliphatic hydroxyl groups is 1. The number of carbonyl (C=O) groups excluding carboxylic acids is 2. The van der Waals surface area contributed by atoms with Crippen molar-refractivity contribution in [2.75, 3.05) is 13.2 Å². The Bertz CT molecular complexity index is 1040. The van der Waals surface area contributed by atoms with E-state index in [1.54, 1.807) is 6.92 Å². The van der Waals surface area contributed by atoms with Gasteiger partial charge in [-0.05, 0) is 29.2 Å². The summed E-state index contributed by atoms with van der Waals surface area (Å²) in [6.07, 6.45) is -0.972. The molecule has 8 nitrogen and oxygen atoms in total. The summed E-state index contributed by atoms with van der Waals surface area (Å²) in [7, 11) is 0. The number of fused-ring (bicyclic) bond motifs is 3. The van der Waals surface area contributed by atoms with Gasteiger partial charge in [0.05, 0.1) is 0 Å². The van der Waals surface area contributed by atoms with Crippen molar-refractivity contribution < 1.29 is 29.3 Å². The summed E-state index contributed by atoms with van der Waals surface area (Å²) in [6.45, 7) is 1.26. The molecule has 0 saturated carbocycles. The fourth-order valence-corrected chi connectivity index (χ4v) is 3.85. The molecule has 8 heteroatoms. The molecule has 0 radical (unpaired) electrons. The fourth-order valence-electron chi connectivity index (χ4n) is 3.85. The van der Waals surface area contributed by atoms with Crippen LogP contribution in [0.15, 0.2) is 48.5 Å². The van der Waals surface area contributed by atoms with E-state index in [0.29, 0.717) is 0 Å². The van der Waals surface area contributed by atoms with Crippen LogP contribution in [-0.4, -0.2) is 53.5 Å². The van der Waals surface area contributed by atoms with Crippen molar-refractivity contribution >= 4 is 18.0 Å². The zero-order valence-corrected chi connectivity index (χ0v) is 18.2. The van der Waals surface area contributed by atoms with Crippen molar-refractivity contribution in [1.29, 1.82) is 0 Å². The van der Waals surface area contributed by atoms with Gasteiger partial charge in [-0.25, -0.2) is 9.59 Å². The third-order valence-electron chi connectivity index (χ3n) is 5.47. The molecule has 2 aromatic rings. The molecule has 0 saturated heterocycles. The molecule has 0 heterocycles. The fraction of sp³-hybridized carbons (Fsp3) is 0.320. The second kappa shape index (κ2) is 11.2. The minimum atomic E-state index is -1.28. The van der Waals surface area contributed by atoms with Crippen LogP contribution in [0.1, 0.15) is 36.8 Å². The first-order valence-electron chi connectivity index (χ1n) is 10.6. The summed E-state index contributed by atoms with van der Waals surface area (Å²) in [6, 6.07) is 13.5. The number of carboxylic acid groups (broad SMARTS) is 1. The molecule has 1 aliphatic rings. The zero-order chi connectivity index (χ0) is 23.8. The number of aliphatic hydroxyl groups excluding tert-OH is 1. The molecule has 0 bridgehead atoms. The largest absolute Gasteiger partial charge is 0.480 e. The predicted molar refractivity (Wildman–Crippen MR) is 121 cm³/mol. The molecule has 2 atom stereocenters. The molecule has 1 aliphatic carbocycles. The Kier molecular flexibility index (Phi) is 8.06. The van der Waals surface area contributed by atoms with Gasteiger partial charge >= 0.3 is 12.1 Å². The van der Waals surface area contributed by atoms with Crippen LogP contribution >= 0.6 is 0 Å². The molecule has 0 fully saturated rings. The number of carboxylic acids is 1. The molecule has 0 aliphatic heterocycles. The lowest BCUT2D eigenvalue weighted by Crippen LogP contribution is -2.51. The third kappa shape index (κ3) is 5.70. The SMILES string of the molecule is CC#CCC(NC(=O)OCC1c2ccccc2-c2ccccc21)C(=O)N[C@H](CCO)C(=O)O. The van der Waals surface area contributed by atoms with Crippen molar-refractivity contribution in [2.45, 2.75) is 37.8 Å². The van der Waals surface area contributed by atoms with E-state index in [9.17, 15) is 19.5 Å². The Balaban J connectivity index is 1.66. The first kappa shape index (κ1) is 23.8. The van der Waals surface area contributed by atoms with E-state index >= 15 is 0 Å². The highest BCUT2D eigenvalue weighted by Crippen LogP contribution is 2.44. The molecular weight excluding hydrogens is 424 g/mol. The first-order valence-corrected chi connectivity index (χ1v) is 10.6. The summed E-state index contributed by atoms with van der Waals surface area (Å²) in [4.78, 5) is 36.4. The van der Waals surface area contributed by atoms with Crippen molar-refractivity contribution in [3.05, 3.63) is 59.7 Å². The van der Waals surface area contributed by atoms with E-state index in [0.717, 1.165) is 22.3 Å². The number of amides is 2. The highest BCUT2D eigenvalue weighted by molar-refractivity contribution is 5.89. The topological polar surface area (TPSA) is 125 Å². The Morgan fingerprint density at radius 1 is 1.00 bits per heavy atom. The van der Waals surface area contributed by atoms with Gasteiger partial charge in [0.15, 0.2) is 0 Å². The second-order valence-electron chi connectivity index (χ2n) is 7.57. The minimum absolute atomic E-state index is 0.0159. The molecule has 1 unspecified atom stereocenters. The van der Waals surface area contributed by atoms with Gasteiger partial charge in [0.1, 0.15) is 18.7 Å². The van der Waals surface area contributed by atoms with Crippen molar-refractivity contribution in [2.24, 2.45) is 0 Å². The van der Waals surface area contributed by atoms with Gasteiger partial charge in [-0.15, -0.1) is 11.8 Å². The number of carbonyl (C=O) groups is 3.